The number of carbonyl (C=O) groups is 2. The second kappa shape index (κ2) is 6.89. The number of nitro benzene ring substituents is 1. The number of benzene rings is 2. The number of nitrogens with one attached hydrogen (secondary N) is 1. The van der Waals surface area contributed by atoms with Crippen LogP contribution in [0.2, 0.25) is 5.02 Å². The standard InChI is InChI=1S/C15H12ClN3O4/c16-13-6-5-11(19(22)23)8-12(13)15(21)18-10-3-1-9(2-4-10)7-14(17)20/h1-6,8H,7H2,(H2,17,20)(H,18,21). The van der Waals surface area contributed by atoms with Gasteiger partial charge >= 0.3 is 0 Å². The predicted molar refractivity (Wildman–Crippen MR) is 85.4 cm³/mol. The lowest BCUT2D eigenvalue weighted by atomic mass is 10.1. The molecule has 3 N–H and O–H groups in total. The Labute approximate surface area is 136 Å². The van der Waals surface area contributed by atoms with E-state index in [1.807, 2.05) is 0 Å². The van der Waals surface area contributed by atoms with Gasteiger partial charge < -0.3 is 11.1 Å². The molecule has 0 aliphatic rings. The van der Waals surface area contributed by atoms with Crippen LogP contribution in [-0.2, 0) is 11.2 Å². The number of carbonyl (C=O) groups excluding carboxylic acids is 2. The number of nitrogens with zero attached hydrogens (tertiary/aromatic N) is 1. The summed E-state index contributed by atoms with van der Waals surface area (Å²) in [5.41, 5.74) is 6.05. The quantitative estimate of drug-likeness (QED) is 0.646. The number of amides is 2. The minimum atomic E-state index is -0.605. The second-order valence-electron chi connectivity index (χ2n) is 4.72. The summed E-state index contributed by atoms with van der Waals surface area (Å²) in [4.78, 5) is 33.2. The van der Waals surface area contributed by atoms with Gasteiger partial charge in [-0.25, -0.2) is 0 Å². The lowest BCUT2D eigenvalue weighted by Gasteiger charge is -2.07. The molecular formula is C15H12ClN3O4. The summed E-state index contributed by atoms with van der Waals surface area (Å²) in [7, 11) is 0. The van der Waals surface area contributed by atoms with Gasteiger partial charge in [0.2, 0.25) is 5.91 Å². The average molecular weight is 334 g/mol. The Kier molecular flexibility index (Phi) is 4.92. The molecule has 8 heteroatoms. The third-order valence-corrected chi connectivity index (χ3v) is 3.33. The molecule has 2 amide bonds. The molecular weight excluding hydrogens is 322 g/mol. The van der Waals surface area contributed by atoms with Crippen molar-refractivity contribution in [1.82, 2.24) is 0 Å². The second-order valence-corrected chi connectivity index (χ2v) is 5.12. The molecule has 0 saturated carbocycles. The zero-order chi connectivity index (χ0) is 17.0. The molecule has 2 aromatic rings. The number of hydrogen-bond donors (Lipinski definition) is 2. The van der Waals surface area contributed by atoms with Gasteiger partial charge in [-0.05, 0) is 23.8 Å². The van der Waals surface area contributed by atoms with Gasteiger partial charge in [0.1, 0.15) is 0 Å². The van der Waals surface area contributed by atoms with E-state index in [0.717, 1.165) is 6.07 Å². The molecule has 0 radical (unpaired) electrons. The van der Waals surface area contributed by atoms with Crippen LogP contribution in [0.15, 0.2) is 42.5 Å². The number of primary amides is 1. The fourth-order valence-corrected chi connectivity index (χ4v) is 2.11. The Bertz CT molecular complexity index is 775. The minimum Gasteiger partial charge on any atom is -0.369 e. The fourth-order valence-electron chi connectivity index (χ4n) is 1.91. The molecule has 0 atom stereocenters. The molecule has 0 fully saturated rings. The maximum absolute atomic E-state index is 12.2. The van der Waals surface area contributed by atoms with Gasteiger partial charge in [-0.2, -0.15) is 0 Å². The molecule has 2 rings (SSSR count). The zero-order valence-corrected chi connectivity index (χ0v) is 12.5. The molecule has 7 nitrogen and oxygen atoms in total. The van der Waals surface area contributed by atoms with Crippen LogP contribution in [0.5, 0.6) is 0 Å². The summed E-state index contributed by atoms with van der Waals surface area (Å²) < 4.78 is 0. The summed E-state index contributed by atoms with van der Waals surface area (Å²) in [5, 5.41) is 13.5. The maximum Gasteiger partial charge on any atom is 0.270 e. The van der Waals surface area contributed by atoms with Crippen molar-refractivity contribution in [2.75, 3.05) is 5.32 Å². The number of anilines is 1. The van der Waals surface area contributed by atoms with Crippen LogP contribution in [0.4, 0.5) is 11.4 Å². The van der Waals surface area contributed by atoms with Crippen LogP contribution in [0.3, 0.4) is 0 Å². The molecule has 0 aliphatic heterocycles. The van der Waals surface area contributed by atoms with E-state index in [4.69, 9.17) is 17.3 Å². The van der Waals surface area contributed by atoms with E-state index in [2.05, 4.69) is 5.32 Å². The SMILES string of the molecule is NC(=O)Cc1ccc(NC(=O)c2cc([N+](=O)[O-])ccc2Cl)cc1. The first-order valence-corrected chi connectivity index (χ1v) is 6.87. The van der Waals surface area contributed by atoms with Crippen molar-refractivity contribution in [3.63, 3.8) is 0 Å². The molecule has 0 spiro atoms. The number of halogens is 1. The maximum atomic E-state index is 12.2. The van der Waals surface area contributed by atoms with Crippen LogP contribution in [0, 0.1) is 10.1 Å². The number of nitrogens with two attached hydrogens (primary N) is 1. The molecule has 0 aromatic heterocycles. The highest BCUT2D eigenvalue weighted by atomic mass is 35.5. The lowest BCUT2D eigenvalue weighted by Crippen LogP contribution is -2.14. The molecule has 0 aliphatic carbocycles. The normalized spacial score (nSPS) is 10.1. The van der Waals surface area contributed by atoms with E-state index in [-0.39, 0.29) is 22.7 Å². The molecule has 23 heavy (non-hydrogen) atoms. The Morgan fingerprint density at radius 1 is 1.17 bits per heavy atom. The highest BCUT2D eigenvalue weighted by Crippen LogP contribution is 2.23. The van der Waals surface area contributed by atoms with Crippen molar-refractivity contribution in [3.05, 3.63) is 68.7 Å². The van der Waals surface area contributed by atoms with Crippen molar-refractivity contribution in [2.24, 2.45) is 5.73 Å². The molecule has 118 valence electrons. The summed E-state index contributed by atoms with van der Waals surface area (Å²) in [5.74, 6) is -1.02. The third kappa shape index (κ3) is 4.27. The van der Waals surface area contributed by atoms with Gasteiger partial charge in [-0.1, -0.05) is 23.7 Å². The van der Waals surface area contributed by atoms with Crippen LogP contribution >= 0.6 is 11.6 Å². The van der Waals surface area contributed by atoms with Gasteiger partial charge in [0, 0.05) is 17.8 Å². The summed E-state index contributed by atoms with van der Waals surface area (Å²) >= 11 is 5.91. The topological polar surface area (TPSA) is 115 Å². The van der Waals surface area contributed by atoms with E-state index in [1.165, 1.54) is 12.1 Å². The third-order valence-electron chi connectivity index (χ3n) is 3.00. The predicted octanol–water partition coefficient (Wildman–Crippen LogP) is 2.53. The average Bonchev–Trinajstić information content (AvgIpc) is 2.48. The van der Waals surface area contributed by atoms with Crippen molar-refractivity contribution in [3.8, 4) is 0 Å². The highest BCUT2D eigenvalue weighted by molar-refractivity contribution is 6.34. The fraction of sp³-hybridized carbons (Fsp3) is 0.0667. The van der Waals surface area contributed by atoms with Crippen molar-refractivity contribution >= 4 is 34.8 Å². The highest BCUT2D eigenvalue weighted by Gasteiger charge is 2.16. The Morgan fingerprint density at radius 3 is 2.39 bits per heavy atom. The summed E-state index contributed by atoms with van der Waals surface area (Å²) in [6.45, 7) is 0. The van der Waals surface area contributed by atoms with E-state index in [9.17, 15) is 19.7 Å². The van der Waals surface area contributed by atoms with Gasteiger partial charge in [0.05, 0.1) is 21.9 Å². The summed E-state index contributed by atoms with van der Waals surface area (Å²) in [6, 6.07) is 10.1. The lowest BCUT2D eigenvalue weighted by molar-refractivity contribution is -0.384. The van der Waals surface area contributed by atoms with Gasteiger partial charge in [0.15, 0.2) is 0 Å². The largest absolute Gasteiger partial charge is 0.369 e. The Balaban J connectivity index is 2.17. The smallest absolute Gasteiger partial charge is 0.270 e. The Morgan fingerprint density at radius 2 is 1.83 bits per heavy atom. The Hall–Kier alpha value is -2.93. The molecule has 0 saturated heterocycles. The first-order chi connectivity index (χ1) is 10.9. The molecule has 0 unspecified atom stereocenters. The van der Waals surface area contributed by atoms with Gasteiger partial charge in [-0.3, -0.25) is 19.7 Å². The first kappa shape index (κ1) is 16.4. The zero-order valence-electron chi connectivity index (χ0n) is 11.8. The number of nitro groups is 1. The monoisotopic (exact) mass is 333 g/mol. The van der Waals surface area contributed by atoms with Crippen LogP contribution in [-0.4, -0.2) is 16.7 Å². The van der Waals surface area contributed by atoms with Gasteiger partial charge in [0.25, 0.3) is 11.6 Å². The van der Waals surface area contributed by atoms with Crippen LogP contribution < -0.4 is 11.1 Å². The van der Waals surface area contributed by atoms with Gasteiger partial charge in [-0.15, -0.1) is 0 Å². The van der Waals surface area contributed by atoms with Crippen molar-refractivity contribution in [2.45, 2.75) is 6.42 Å². The van der Waals surface area contributed by atoms with Crippen LogP contribution in [0.1, 0.15) is 15.9 Å². The molecule has 0 heterocycles. The van der Waals surface area contributed by atoms with Crippen molar-refractivity contribution < 1.29 is 14.5 Å². The van der Waals surface area contributed by atoms with Crippen molar-refractivity contribution in [1.29, 1.82) is 0 Å². The van der Waals surface area contributed by atoms with E-state index in [0.29, 0.717) is 11.3 Å². The number of rotatable bonds is 5. The number of hydrogen-bond acceptors (Lipinski definition) is 4. The minimum absolute atomic E-state index is 0.00193. The van der Waals surface area contributed by atoms with E-state index >= 15 is 0 Å². The molecule has 0 bridgehead atoms. The number of non-ortho nitro benzene ring substituents is 1. The van der Waals surface area contributed by atoms with E-state index < -0.39 is 16.7 Å². The molecule has 2 aromatic carbocycles. The summed E-state index contributed by atoms with van der Waals surface area (Å²) in [6.07, 6.45) is 0.102. The van der Waals surface area contributed by atoms with Crippen LogP contribution in [0.25, 0.3) is 0 Å². The first-order valence-electron chi connectivity index (χ1n) is 6.49. The van der Waals surface area contributed by atoms with E-state index in [1.54, 1.807) is 24.3 Å².